The maximum absolute atomic E-state index is 13.6. The summed E-state index contributed by atoms with van der Waals surface area (Å²) in [5.74, 6) is 0.676. The summed E-state index contributed by atoms with van der Waals surface area (Å²) in [6, 6.07) is 15.0. The highest BCUT2D eigenvalue weighted by Gasteiger charge is 2.38. The lowest BCUT2D eigenvalue weighted by Gasteiger charge is -2.43. The van der Waals surface area contributed by atoms with Crippen LogP contribution in [0.15, 0.2) is 65.7 Å². The van der Waals surface area contributed by atoms with Gasteiger partial charge in [0.05, 0.1) is 12.4 Å². The van der Waals surface area contributed by atoms with Crippen LogP contribution in [0.5, 0.6) is 0 Å². The molecule has 1 aromatic carbocycles. The molecule has 1 fully saturated rings. The molecule has 6 nitrogen and oxygen atoms in total. The van der Waals surface area contributed by atoms with Gasteiger partial charge in [0.15, 0.2) is 0 Å². The van der Waals surface area contributed by atoms with E-state index in [0.29, 0.717) is 29.1 Å². The highest BCUT2D eigenvalue weighted by Crippen LogP contribution is 2.41. The van der Waals surface area contributed by atoms with Crippen molar-refractivity contribution in [1.82, 2.24) is 14.5 Å². The number of nitrogens with zero attached hydrogens (tertiary/aromatic N) is 4. The van der Waals surface area contributed by atoms with E-state index in [1.165, 1.54) is 0 Å². The Hall–Kier alpha value is -3.22. The zero-order chi connectivity index (χ0) is 22.5. The predicted molar refractivity (Wildman–Crippen MR) is 129 cm³/mol. The first-order chi connectivity index (χ1) is 16.1. The van der Waals surface area contributed by atoms with Gasteiger partial charge in [0.1, 0.15) is 0 Å². The Morgan fingerprint density at radius 3 is 2.82 bits per heavy atom. The quantitative estimate of drug-likeness (QED) is 0.559. The van der Waals surface area contributed by atoms with Crippen LogP contribution in [0.3, 0.4) is 0 Å². The Morgan fingerprint density at radius 2 is 1.97 bits per heavy atom. The molecule has 1 saturated heterocycles. The summed E-state index contributed by atoms with van der Waals surface area (Å²) in [6.45, 7) is 2.92. The van der Waals surface area contributed by atoms with Crippen molar-refractivity contribution in [2.75, 3.05) is 24.7 Å². The van der Waals surface area contributed by atoms with Gasteiger partial charge in [-0.1, -0.05) is 29.8 Å². The van der Waals surface area contributed by atoms with E-state index in [1.54, 1.807) is 18.5 Å². The highest BCUT2D eigenvalue weighted by atomic mass is 35.5. The molecular weight excluding hydrogens is 436 g/mol. The van der Waals surface area contributed by atoms with Gasteiger partial charge in [-0.15, -0.1) is 0 Å². The molecule has 0 saturated carbocycles. The number of pyridine rings is 2. The minimum atomic E-state index is -0.0246. The SMILES string of the molecule is O=C1/C(=C\c2cccnc2)c2ccc(Cl)cc2N1CN1C[C@@H]2C[C@H](C1)c1cccc(=O)n1C2. The second kappa shape index (κ2) is 7.97. The van der Waals surface area contributed by atoms with Crippen molar-refractivity contribution < 1.29 is 4.79 Å². The first-order valence-corrected chi connectivity index (χ1v) is 11.6. The van der Waals surface area contributed by atoms with E-state index in [4.69, 9.17) is 11.6 Å². The fraction of sp³-hybridized carbons (Fsp3) is 0.269. The molecule has 0 unspecified atom stereocenters. The van der Waals surface area contributed by atoms with Crippen LogP contribution in [0.25, 0.3) is 11.6 Å². The van der Waals surface area contributed by atoms with Gasteiger partial charge in [-0.2, -0.15) is 0 Å². The molecular formula is C26H23ClN4O2. The van der Waals surface area contributed by atoms with E-state index in [2.05, 4.69) is 16.0 Å². The molecule has 2 bridgehead atoms. The van der Waals surface area contributed by atoms with Gasteiger partial charge >= 0.3 is 0 Å². The number of halogens is 1. The van der Waals surface area contributed by atoms with Gasteiger partial charge in [0.2, 0.25) is 0 Å². The Bertz CT molecular complexity index is 1330. The number of amides is 1. The molecule has 5 heterocycles. The summed E-state index contributed by atoms with van der Waals surface area (Å²) in [6.07, 6.45) is 6.46. The van der Waals surface area contributed by atoms with E-state index in [-0.39, 0.29) is 11.5 Å². The van der Waals surface area contributed by atoms with Crippen LogP contribution < -0.4 is 10.5 Å². The summed E-state index contributed by atoms with van der Waals surface area (Å²) >= 11 is 6.32. The number of piperidine rings is 1. The largest absolute Gasteiger partial charge is 0.312 e. The Balaban J connectivity index is 1.31. The van der Waals surface area contributed by atoms with Gasteiger partial charge in [-0.25, -0.2) is 0 Å². The Morgan fingerprint density at radius 1 is 1.06 bits per heavy atom. The van der Waals surface area contributed by atoms with Crippen LogP contribution in [-0.4, -0.2) is 40.1 Å². The van der Waals surface area contributed by atoms with Crippen LogP contribution in [-0.2, 0) is 11.3 Å². The zero-order valence-electron chi connectivity index (χ0n) is 18.0. The van der Waals surface area contributed by atoms with Crippen LogP contribution in [0.4, 0.5) is 5.69 Å². The molecule has 6 rings (SSSR count). The summed E-state index contributed by atoms with van der Waals surface area (Å²) in [7, 11) is 0. The lowest BCUT2D eigenvalue weighted by molar-refractivity contribution is -0.113. The summed E-state index contributed by atoms with van der Waals surface area (Å²) in [5.41, 5.74) is 4.47. The van der Waals surface area contributed by atoms with Gasteiger partial charge in [0, 0.05) is 65.9 Å². The van der Waals surface area contributed by atoms with Crippen LogP contribution >= 0.6 is 11.6 Å². The predicted octanol–water partition coefficient (Wildman–Crippen LogP) is 3.86. The van der Waals surface area contributed by atoms with E-state index in [1.807, 2.05) is 51.9 Å². The lowest BCUT2D eigenvalue weighted by Crippen LogP contribution is -2.50. The monoisotopic (exact) mass is 458 g/mol. The Kier molecular flexibility index (Phi) is 4.93. The molecule has 2 atom stereocenters. The molecule has 0 N–H and O–H groups in total. The number of hydrogen-bond acceptors (Lipinski definition) is 4. The number of aromatic nitrogens is 2. The first-order valence-electron chi connectivity index (χ1n) is 11.2. The average Bonchev–Trinajstić information content (AvgIpc) is 3.06. The second-order valence-corrected chi connectivity index (χ2v) is 9.55. The van der Waals surface area contributed by atoms with E-state index in [9.17, 15) is 9.59 Å². The fourth-order valence-electron chi connectivity index (χ4n) is 5.54. The highest BCUT2D eigenvalue weighted by molar-refractivity contribution is 6.37. The topological polar surface area (TPSA) is 58.4 Å². The number of benzene rings is 1. The zero-order valence-corrected chi connectivity index (χ0v) is 18.8. The van der Waals surface area contributed by atoms with Crippen molar-refractivity contribution in [1.29, 1.82) is 0 Å². The summed E-state index contributed by atoms with van der Waals surface area (Å²) in [4.78, 5) is 34.2. The number of carbonyl (C=O) groups is 1. The molecule has 7 heteroatoms. The van der Waals surface area contributed by atoms with Crippen molar-refractivity contribution in [3.8, 4) is 0 Å². The van der Waals surface area contributed by atoms with Crippen molar-refractivity contribution in [2.45, 2.75) is 18.9 Å². The standard InChI is InChI=1S/C26H23ClN4O2/c27-20-6-7-21-22(10-17-3-2-8-28-12-17)26(33)31(24(21)11-20)16-29-13-18-9-19(15-29)23-4-1-5-25(32)30(23)14-18/h1-8,10-12,18-19H,9,13-16H2/b22-10-/t18-,19+/m0/s1. The maximum Gasteiger partial charge on any atom is 0.260 e. The maximum atomic E-state index is 13.6. The molecule has 33 heavy (non-hydrogen) atoms. The number of hydrogen-bond donors (Lipinski definition) is 0. The van der Waals surface area contributed by atoms with Crippen molar-refractivity contribution >= 4 is 34.8 Å². The number of rotatable bonds is 3. The van der Waals surface area contributed by atoms with E-state index >= 15 is 0 Å². The molecule has 1 amide bonds. The first kappa shape index (κ1) is 20.4. The molecule has 3 aliphatic heterocycles. The molecule has 166 valence electrons. The van der Waals surface area contributed by atoms with Crippen LogP contribution in [0.2, 0.25) is 5.02 Å². The van der Waals surface area contributed by atoms with Gasteiger partial charge in [-0.05, 0) is 48.2 Å². The average molecular weight is 459 g/mol. The van der Waals surface area contributed by atoms with Crippen molar-refractivity contribution in [3.63, 3.8) is 0 Å². The number of carbonyl (C=O) groups excluding carboxylic acids is 1. The van der Waals surface area contributed by atoms with Crippen LogP contribution in [0, 0.1) is 5.92 Å². The number of anilines is 1. The molecule has 0 radical (unpaired) electrons. The van der Waals surface area contributed by atoms with Gasteiger partial charge < -0.3 is 4.57 Å². The van der Waals surface area contributed by atoms with E-state index in [0.717, 1.165) is 48.6 Å². The van der Waals surface area contributed by atoms with Gasteiger partial charge in [0.25, 0.3) is 11.5 Å². The second-order valence-electron chi connectivity index (χ2n) is 9.11. The lowest BCUT2D eigenvalue weighted by atomic mass is 9.83. The third kappa shape index (κ3) is 3.59. The third-order valence-electron chi connectivity index (χ3n) is 6.91. The van der Waals surface area contributed by atoms with Gasteiger partial charge in [-0.3, -0.25) is 24.4 Å². The Labute approximate surface area is 196 Å². The fourth-order valence-corrected chi connectivity index (χ4v) is 5.71. The normalized spacial score (nSPS) is 23.0. The minimum Gasteiger partial charge on any atom is -0.312 e. The third-order valence-corrected chi connectivity index (χ3v) is 7.14. The molecule has 3 aromatic rings. The molecule has 0 spiro atoms. The van der Waals surface area contributed by atoms with Crippen molar-refractivity contribution in [3.05, 3.63) is 93.1 Å². The summed E-state index contributed by atoms with van der Waals surface area (Å²) < 4.78 is 1.93. The summed E-state index contributed by atoms with van der Waals surface area (Å²) in [5, 5.41) is 0.609. The molecule has 2 aromatic heterocycles. The minimum absolute atomic E-state index is 0.0246. The number of fused-ring (bicyclic) bond motifs is 5. The van der Waals surface area contributed by atoms with Crippen molar-refractivity contribution in [2.24, 2.45) is 5.92 Å². The number of likely N-dealkylation sites (tertiary alicyclic amines) is 1. The molecule has 0 aliphatic carbocycles. The van der Waals surface area contributed by atoms with E-state index < -0.39 is 0 Å². The molecule has 3 aliphatic rings. The smallest absolute Gasteiger partial charge is 0.260 e. The van der Waals surface area contributed by atoms with Crippen LogP contribution in [0.1, 0.15) is 29.2 Å².